The summed E-state index contributed by atoms with van der Waals surface area (Å²) in [5, 5.41) is 0. The second-order valence-electron chi connectivity index (χ2n) is 6.52. The molecule has 2 aromatic heterocycles. The van der Waals surface area contributed by atoms with Crippen LogP contribution in [0.5, 0.6) is 11.8 Å². The highest BCUT2D eigenvalue weighted by atomic mass is 19.1. The molecule has 0 aliphatic heterocycles. The Kier molecular flexibility index (Phi) is 4.53. The molecule has 4 N–H and O–H groups in total. The van der Waals surface area contributed by atoms with Crippen LogP contribution in [0, 0.1) is 5.82 Å². The highest BCUT2D eigenvalue weighted by Gasteiger charge is 2.26. The van der Waals surface area contributed by atoms with Crippen molar-refractivity contribution in [2.75, 3.05) is 11.5 Å². The first kappa shape index (κ1) is 17.1. The van der Waals surface area contributed by atoms with Crippen molar-refractivity contribution >= 4 is 11.8 Å². The predicted molar refractivity (Wildman–Crippen MR) is 99.6 cm³/mol. The van der Waals surface area contributed by atoms with E-state index in [1.165, 1.54) is 18.6 Å². The first-order valence-electron chi connectivity index (χ1n) is 8.78. The van der Waals surface area contributed by atoms with Gasteiger partial charge in [-0.2, -0.15) is 4.98 Å². The lowest BCUT2D eigenvalue weighted by molar-refractivity contribution is 0.403. The lowest BCUT2D eigenvalue weighted by Gasteiger charge is -2.18. The molecule has 0 amide bonds. The molecule has 0 radical (unpaired) electrons. The predicted octanol–water partition coefficient (Wildman–Crippen LogP) is 3.69. The smallest absolute Gasteiger partial charge is 0.323 e. The Labute approximate surface area is 155 Å². The van der Waals surface area contributed by atoms with E-state index in [9.17, 15) is 0 Å². The minimum absolute atomic E-state index is 0.0128. The Morgan fingerprint density at radius 1 is 1.00 bits per heavy atom. The number of anilines is 2. The SMILES string of the molecule is Nc1ccnc(Oc2c(C3CCCC3)ccc(-c3cnc(N)nc3)c2F)n1. The van der Waals surface area contributed by atoms with Gasteiger partial charge in [0.1, 0.15) is 5.82 Å². The van der Waals surface area contributed by atoms with Crippen LogP contribution in [-0.2, 0) is 0 Å². The first-order chi connectivity index (χ1) is 13.1. The van der Waals surface area contributed by atoms with E-state index < -0.39 is 5.82 Å². The Balaban J connectivity index is 1.80. The van der Waals surface area contributed by atoms with Crippen LogP contribution in [0.15, 0.2) is 36.8 Å². The van der Waals surface area contributed by atoms with Crippen LogP contribution in [0.1, 0.15) is 37.2 Å². The molecular weight excluding hydrogens is 347 g/mol. The molecule has 1 fully saturated rings. The Morgan fingerprint density at radius 2 is 1.74 bits per heavy atom. The Bertz CT molecular complexity index is 957. The highest BCUT2D eigenvalue weighted by Crippen LogP contribution is 2.43. The molecule has 0 spiro atoms. The summed E-state index contributed by atoms with van der Waals surface area (Å²) in [6.07, 6.45) is 8.67. The van der Waals surface area contributed by atoms with Gasteiger partial charge < -0.3 is 16.2 Å². The number of aromatic nitrogens is 4. The number of rotatable bonds is 4. The van der Waals surface area contributed by atoms with Crippen molar-refractivity contribution in [2.24, 2.45) is 0 Å². The average Bonchev–Trinajstić information content (AvgIpc) is 3.19. The average molecular weight is 366 g/mol. The molecule has 0 unspecified atom stereocenters. The van der Waals surface area contributed by atoms with Crippen molar-refractivity contribution in [1.29, 1.82) is 0 Å². The molecule has 0 bridgehead atoms. The quantitative estimate of drug-likeness (QED) is 0.724. The molecule has 2 heterocycles. The molecule has 0 saturated heterocycles. The van der Waals surface area contributed by atoms with E-state index in [1.54, 1.807) is 12.1 Å². The van der Waals surface area contributed by atoms with Gasteiger partial charge in [0.2, 0.25) is 5.95 Å². The molecule has 1 aromatic carbocycles. The van der Waals surface area contributed by atoms with E-state index in [4.69, 9.17) is 16.2 Å². The zero-order chi connectivity index (χ0) is 18.8. The number of hydrogen-bond donors (Lipinski definition) is 2. The van der Waals surface area contributed by atoms with Crippen molar-refractivity contribution in [3.63, 3.8) is 0 Å². The molecule has 1 saturated carbocycles. The van der Waals surface area contributed by atoms with Gasteiger partial charge in [-0.1, -0.05) is 25.0 Å². The first-order valence-corrected chi connectivity index (χ1v) is 8.78. The van der Waals surface area contributed by atoms with Crippen molar-refractivity contribution in [1.82, 2.24) is 19.9 Å². The summed E-state index contributed by atoms with van der Waals surface area (Å²) in [6, 6.07) is 5.18. The number of nitrogens with zero attached hydrogens (tertiary/aromatic N) is 4. The molecule has 27 heavy (non-hydrogen) atoms. The fourth-order valence-electron chi connectivity index (χ4n) is 3.43. The lowest BCUT2D eigenvalue weighted by Crippen LogP contribution is -2.04. The minimum atomic E-state index is -0.501. The van der Waals surface area contributed by atoms with Gasteiger partial charge in [-0.25, -0.2) is 19.3 Å². The van der Waals surface area contributed by atoms with Gasteiger partial charge in [0.05, 0.1) is 0 Å². The maximum Gasteiger partial charge on any atom is 0.323 e. The van der Waals surface area contributed by atoms with E-state index >= 15 is 4.39 Å². The third-order valence-corrected chi connectivity index (χ3v) is 4.75. The second-order valence-corrected chi connectivity index (χ2v) is 6.52. The monoisotopic (exact) mass is 366 g/mol. The molecule has 138 valence electrons. The number of ether oxygens (including phenoxy) is 1. The van der Waals surface area contributed by atoms with Crippen molar-refractivity contribution in [3.05, 3.63) is 48.2 Å². The number of hydrogen-bond acceptors (Lipinski definition) is 7. The summed E-state index contributed by atoms with van der Waals surface area (Å²) < 4.78 is 21.2. The van der Waals surface area contributed by atoms with Crippen LogP contribution in [-0.4, -0.2) is 19.9 Å². The number of nitrogens with two attached hydrogens (primary N) is 2. The fraction of sp³-hybridized carbons (Fsp3) is 0.263. The van der Waals surface area contributed by atoms with Gasteiger partial charge in [0, 0.05) is 35.3 Å². The summed E-state index contributed by atoms with van der Waals surface area (Å²) in [5.74, 6) is 0.255. The maximum absolute atomic E-state index is 15.5. The number of nitrogen functional groups attached to an aromatic ring is 2. The van der Waals surface area contributed by atoms with Gasteiger partial charge in [-0.05, 0) is 24.8 Å². The Morgan fingerprint density at radius 3 is 2.44 bits per heavy atom. The van der Waals surface area contributed by atoms with Gasteiger partial charge in [0.15, 0.2) is 11.6 Å². The van der Waals surface area contributed by atoms with E-state index in [0.29, 0.717) is 11.1 Å². The molecular formula is C19H19FN6O. The summed E-state index contributed by atoms with van der Waals surface area (Å²) >= 11 is 0. The van der Waals surface area contributed by atoms with E-state index in [2.05, 4.69) is 19.9 Å². The molecule has 0 atom stereocenters. The summed E-state index contributed by atoms with van der Waals surface area (Å²) in [6.45, 7) is 0. The summed E-state index contributed by atoms with van der Waals surface area (Å²) in [7, 11) is 0. The lowest BCUT2D eigenvalue weighted by atomic mass is 9.94. The highest BCUT2D eigenvalue weighted by molar-refractivity contribution is 5.66. The Hall–Kier alpha value is -3.29. The van der Waals surface area contributed by atoms with Crippen LogP contribution in [0.3, 0.4) is 0 Å². The van der Waals surface area contributed by atoms with Crippen molar-refractivity contribution in [2.45, 2.75) is 31.6 Å². The van der Waals surface area contributed by atoms with Gasteiger partial charge in [-0.3, -0.25) is 0 Å². The fourth-order valence-corrected chi connectivity index (χ4v) is 3.43. The molecule has 7 nitrogen and oxygen atoms in total. The van der Waals surface area contributed by atoms with Crippen LogP contribution >= 0.6 is 0 Å². The normalized spacial score (nSPS) is 14.4. The van der Waals surface area contributed by atoms with Crippen molar-refractivity contribution in [3.8, 4) is 22.9 Å². The second kappa shape index (κ2) is 7.14. The zero-order valence-electron chi connectivity index (χ0n) is 14.6. The van der Waals surface area contributed by atoms with E-state index in [0.717, 1.165) is 31.2 Å². The third kappa shape index (κ3) is 3.51. The van der Waals surface area contributed by atoms with Gasteiger partial charge in [0.25, 0.3) is 0 Å². The van der Waals surface area contributed by atoms with Crippen LogP contribution in [0.4, 0.5) is 16.2 Å². The molecule has 3 aromatic rings. The maximum atomic E-state index is 15.5. The minimum Gasteiger partial charge on any atom is -0.421 e. The van der Waals surface area contributed by atoms with Gasteiger partial charge in [-0.15, -0.1) is 0 Å². The van der Waals surface area contributed by atoms with E-state index in [1.807, 2.05) is 6.07 Å². The van der Waals surface area contributed by atoms with Gasteiger partial charge >= 0.3 is 6.01 Å². The largest absolute Gasteiger partial charge is 0.421 e. The third-order valence-electron chi connectivity index (χ3n) is 4.75. The standard InChI is InChI=1S/C19H19FN6O/c20-16-13(12-9-24-18(22)25-10-12)5-6-14(11-3-1-2-4-11)17(16)27-19-23-8-7-15(21)26-19/h5-11H,1-4H2,(H2,21,23,26)(H2,22,24,25). The molecule has 1 aliphatic rings. The molecule has 8 heteroatoms. The van der Waals surface area contributed by atoms with Crippen molar-refractivity contribution < 1.29 is 9.13 Å². The summed E-state index contributed by atoms with van der Waals surface area (Å²) in [5.41, 5.74) is 12.9. The number of halogens is 1. The topological polar surface area (TPSA) is 113 Å². The van der Waals surface area contributed by atoms with Crippen LogP contribution in [0.25, 0.3) is 11.1 Å². The van der Waals surface area contributed by atoms with Crippen LogP contribution < -0.4 is 16.2 Å². The molecule has 1 aliphatic carbocycles. The van der Waals surface area contributed by atoms with E-state index in [-0.39, 0.29) is 29.4 Å². The zero-order valence-corrected chi connectivity index (χ0v) is 14.6. The summed E-state index contributed by atoms with van der Waals surface area (Å²) in [4.78, 5) is 15.9. The van der Waals surface area contributed by atoms with Crippen LogP contribution in [0.2, 0.25) is 0 Å². The molecule has 4 rings (SSSR count). The number of benzene rings is 1.